The quantitative estimate of drug-likeness (QED) is 0.598. The maximum atomic E-state index is 12.6. The molecule has 140 valence electrons. The molecule has 2 aromatic heterocycles. The second-order valence-electron chi connectivity index (χ2n) is 6.36. The molecule has 6 heteroatoms. The third kappa shape index (κ3) is 4.01. The maximum Gasteiger partial charge on any atom is 0.261 e. The normalized spacial score (nSPS) is 11.7. The first-order valence-electron chi connectivity index (χ1n) is 9.02. The minimum Gasteiger partial charge on any atom is -0.397 e. The fourth-order valence-electron chi connectivity index (χ4n) is 3.06. The van der Waals surface area contributed by atoms with E-state index in [1.165, 1.54) is 4.40 Å². The van der Waals surface area contributed by atoms with Gasteiger partial charge >= 0.3 is 0 Å². The van der Waals surface area contributed by atoms with Gasteiger partial charge in [0.05, 0.1) is 12.3 Å². The Labute approximate surface area is 158 Å². The molecule has 0 atom stereocenters. The molecule has 0 bridgehead atoms. The first kappa shape index (κ1) is 18.7. The smallest absolute Gasteiger partial charge is 0.261 e. The Kier molecular flexibility index (Phi) is 5.88. The molecule has 6 nitrogen and oxygen atoms in total. The second kappa shape index (κ2) is 8.51. The third-order valence-corrected chi connectivity index (χ3v) is 4.44. The predicted molar refractivity (Wildman–Crippen MR) is 107 cm³/mol. The van der Waals surface area contributed by atoms with Gasteiger partial charge in [0.1, 0.15) is 5.65 Å². The summed E-state index contributed by atoms with van der Waals surface area (Å²) in [4.78, 5) is 17.0. The number of nitrogens with zero attached hydrogens (tertiary/aromatic N) is 2. The van der Waals surface area contributed by atoms with Crippen LogP contribution in [0.2, 0.25) is 0 Å². The number of hydrogen-bond donors (Lipinski definition) is 3. The van der Waals surface area contributed by atoms with Crippen molar-refractivity contribution in [3.8, 4) is 0 Å². The van der Waals surface area contributed by atoms with E-state index in [2.05, 4.69) is 10.3 Å². The number of aryl methyl sites for hydroxylation is 1. The fraction of sp³-hybridized carbons (Fsp3) is 0.238. The van der Waals surface area contributed by atoms with E-state index < -0.39 is 0 Å². The number of benzene rings is 1. The summed E-state index contributed by atoms with van der Waals surface area (Å²) in [6.45, 7) is 2.40. The monoisotopic (exact) mass is 364 g/mol. The summed E-state index contributed by atoms with van der Waals surface area (Å²) in [6, 6.07) is 11.7. The molecule has 2 heterocycles. The molecule has 0 aliphatic rings. The van der Waals surface area contributed by atoms with Crippen LogP contribution in [0.1, 0.15) is 35.6 Å². The molecular weight excluding hydrogens is 340 g/mol. The lowest BCUT2D eigenvalue weighted by Gasteiger charge is -2.13. The van der Waals surface area contributed by atoms with Crippen LogP contribution in [0, 0.1) is 0 Å². The van der Waals surface area contributed by atoms with Crippen molar-refractivity contribution in [3.05, 3.63) is 87.6 Å². The van der Waals surface area contributed by atoms with Crippen molar-refractivity contribution in [2.24, 2.45) is 5.73 Å². The summed E-state index contributed by atoms with van der Waals surface area (Å²) in [5.41, 5.74) is 10.0. The molecule has 0 aliphatic carbocycles. The number of rotatable bonds is 7. The van der Waals surface area contributed by atoms with Gasteiger partial charge in [-0.3, -0.25) is 9.20 Å². The summed E-state index contributed by atoms with van der Waals surface area (Å²) < 4.78 is 1.48. The Balaban J connectivity index is 1.92. The van der Waals surface area contributed by atoms with Crippen LogP contribution in [0.4, 0.5) is 0 Å². The average Bonchev–Trinajstić information content (AvgIpc) is 2.70. The van der Waals surface area contributed by atoms with Gasteiger partial charge in [-0.2, -0.15) is 0 Å². The van der Waals surface area contributed by atoms with Crippen LogP contribution in [-0.2, 0) is 19.6 Å². The molecule has 0 radical (unpaired) electrons. The van der Waals surface area contributed by atoms with Crippen LogP contribution in [0.3, 0.4) is 0 Å². The largest absolute Gasteiger partial charge is 0.397 e. The van der Waals surface area contributed by atoms with Crippen LogP contribution in [0.25, 0.3) is 11.3 Å². The Morgan fingerprint density at radius 1 is 1.30 bits per heavy atom. The Morgan fingerprint density at radius 2 is 2.07 bits per heavy atom. The molecule has 0 spiro atoms. The highest BCUT2D eigenvalue weighted by molar-refractivity contribution is 5.70. The van der Waals surface area contributed by atoms with Gasteiger partial charge in [-0.05, 0) is 18.1 Å². The lowest BCUT2D eigenvalue weighted by molar-refractivity contribution is 0.282. The number of aromatic nitrogens is 2. The molecule has 3 aromatic rings. The SMILES string of the molecule is CCCc1cnc2c(CO)c(/C(N)=C/NCc3ccccc3)ccn2c1=O. The number of fused-ring (bicyclic) bond motifs is 1. The van der Waals surface area contributed by atoms with Gasteiger partial charge in [0, 0.05) is 41.8 Å². The van der Waals surface area contributed by atoms with Gasteiger partial charge in [0.25, 0.3) is 5.56 Å². The standard InChI is InChI=1S/C21H24N4O2/c1-2-6-16-12-24-20-18(14-26)17(9-10-25(20)21(16)27)19(22)13-23-11-15-7-4-3-5-8-15/h3-5,7-10,12-13,23,26H,2,6,11,14,22H2,1H3/b19-13-. The van der Waals surface area contributed by atoms with E-state index in [9.17, 15) is 9.90 Å². The summed E-state index contributed by atoms with van der Waals surface area (Å²) in [7, 11) is 0. The van der Waals surface area contributed by atoms with E-state index in [-0.39, 0.29) is 12.2 Å². The van der Waals surface area contributed by atoms with Gasteiger partial charge in [0.15, 0.2) is 0 Å². The molecule has 4 N–H and O–H groups in total. The van der Waals surface area contributed by atoms with Crippen LogP contribution in [-0.4, -0.2) is 14.5 Å². The zero-order valence-corrected chi connectivity index (χ0v) is 15.4. The van der Waals surface area contributed by atoms with E-state index in [4.69, 9.17) is 5.73 Å². The lowest BCUT2D eigenvalue weighted by Crippen LogP contribution is -2.21. The average molecular weight is 364 g/mol. The van der Waals surface area contributed by atoms with Crippen molar-refractivity contribution in [2.75, 3.05) is 0 Å². The molecule has 27 heavy (non-hydrogen) atoms. The van der Waals surface area contributed by atoms with Gasteiger partial charge in [-0.15, -0.1) is 0 Å². The third-order valence-electron chi connectivity index (χ3n) is 4.44. The van der Waals surface area contributed by atoms with Crippen molar-refractivity contribution < 1.29 is 5.11 Å². The molecular formula is C21H24N4O2. The van der Waals surface area contributed by atoms with E-state index in [0.29, 0.717) is 41.0 Å². The van der Waals surface area contributed by atoms with Crippen LogP contribution in [0.15, 0.2) is 59.8 Å². The lowest BCUT2D eigenvalue weighted by atomic mass is 10.1. The first-order valence-corrected chi connectivity index (χ1v) is 9.02. The fourth-order valence-corrected chi connectivity index (χ4v) is 3.06. The highest BCUT2D eigenvalue weighted by atomic mass is 16.3. The van der Waals surface area contributed by atoms with Crippen molar-refractivity contribution in [2.45, 2.75) is 32.9 Å². The highest BCUT2D eigenvalue weighted by Gasteiger charge is 2.13. The van der Waals surface area contributed by atoms with Gasteiger partial charge < -0.3 is 16.2 Å². The Hall–Kier alpha value is -3.12. The molecule has 1 aromatic carbocycles. The maximum absolute atomic E-state index is 12.6. The second-order valence-corrected chi connectivity index (χ2v) is 6.36. The Morgan fingerprint density at radius 3 is 2.78 bits per heavy atom. The van der Waals surface area contributed by atoms with Gasteiger partial charge in [0.2, 0.25) is 0 Å². The summed E-state index contributed by atoms with van der Waals surface area (Å²) in [5.74, 6) is 0. The molecule has 0 unspecified atom stereocenters. The van der Waals surface area contributed by atoms with E-state index in [1.807, 2.05) is 37.3 Å². The number of pyridine rings is 1. The molecule has 3 rings (SSSR count). The molecule has 0 saturated heterocycles. The van der Waals surface area contributed by atoms with E-state index in [1.54, 1.807) is 24.7 Å². The van der Waals surface area contributed by atoms with Crippen LogP contribution < -0.4 is 16.6 Å². The topological polar surface area (TPSA) is 92.7 Å². The number of nitrogens with one attached hydrogen (secondary N) is 1. The molecule has 0 fully saturated rings. The number of hydrogen-bond acceptors (Lipinski definition) is 5. The predicted octanol–water partition coefficient (Wildman–Crippen LogP) is 2.19. The van der Waals surface area contributed by atoms with Crippen LogP contribution in [0.5, 0.6) is 0 Å². The van der Waals surface area contributed by atoms with E-state index in [0.717, 1.165) is 12.0 Å². The zero-order chi connectivity index (χ0) is 19.2. The number of aliphatic hydroxyl groups is 1. The van der Waals surface area contributed by atoms with Gasteiger partial charge in [-0.25, -0.2) is 4.98 Å². The summed E-state index contributed by atoms with van der Waals surface area (Å²) in [5, 5.41) is 13.1. The molecule has 0 amide bonds. The summed E-state index contributed by atoms with van der Waals surface area (Å²) in [6.07, 6.45) is 6.52. The van der Waals surface area contributed by atoms with Crippen molar-refractivity contribution in [1.29, 1.82) is 0 Å². The number of nitrogens with two attached hydrogens (primary N) is 1. The van der Waals surface area contributed by atoms with E-state index >= 15 is 0 Å². The van der Waals surface area contributed by atoms with Crippen molar-refractivity contribution in [3.63, 3.8) is 0 Å². The number of aliphatic hydroxyl groups excluding tert-OH is 1. The zero-order valence-electron chi connectivity index (χ0n) is 15.4. The minimum atomic E-state index is -0.257. The minimum absolute atomic E-state index is 0.104. The molecule has 0 aliphatic heterocycles. The van der Waals surface area contributed by atoms with Gasteiger partial charge in [-0.1, -0.05) is 43.7 Å². The van der Waals surface area contributed by atoms with Crippen molar-refractivity contribution in [1.82, 2.24) is 14.7 Å². The first-order chi connectivity index (χ1) is 13.2. The van der Waals surface area contributed by atoms with Crippen molar-refractivity contribution >= 4 is 11.3 Å². The van der Waals surface area contributed by atoms with Crippen LogP contribution >= 0.6 is 0 Å². The summed E-state index contributed by atoms with van der Waals surface area (Å²) >= 11 is 0. The highest BCUT2D eigenvalue weighted by Crippen LogP contribution is 2.19. The Bertz CT molecular complexity index is 1010. The molecule has 0 saturated carbocycles.